The summed E-state index contributed by atoms with van der Waals surface area (Å²) < 4.78 is 0. The number of nitrogens with zero attached hydrogens (tertiary/aromatic N) is 2. The van der Waals surface area contributed by atoms with Gasteiger partial charge in [-0.25, -0.2) is 9.97 Å². The molecule has 0 radical (unpaired) electrons. The van der Waals surface area contributed by atoms with Crippen LogP contribution >= 0.6 is 0 Å². The zero-order valence-electron chi connectivity index (χ0n) is 19.9. The highest BCUT2D eigenvalue weighted by Crippen LogP contribution is 2.39. The van der Waals surface area contributed by atoms with Crippen LogP contribution in [-0.2, 0) is 24.7 Å². The number of aryl methyl sites for hydroxylation is 1. The molecule has 0 amide bonds. The number of hydrogen-bond donors (Lipinski definition) is 0. The van der Waals surface area contributed by atoms with Crippen LogP contribution in [0.15, 0.2) is 60.9 Å². The first-order valence-corrected chi connectivity index (χ1v) is 11.8. The Hall–Kier alpha value is -3.00. The summed E-state index contributed by atoms with van der Waals surface area (Å²) in [5, 5.41) is 2.60. The second-order valence-electron chi connectivity index (χ2n) is 10.6. The zero-order chi connectivity index (χ0) is 22.5. The Balaban J connectivity index is 1.66. The maximum Gasteiger partial charge on any atom is 0.116 e. The predicted octanol–water partition coefficient (Wildman–Crippen LogP) is 7.56. The Bertz CT molecular complexity index is 1310. The van der Waals surface area contributed by atoms with Crippen molar-refractivity contribution in [1.82, 2.24) is 9.97 Å². The summed E-state index contributed by atoms with van der Waals surface area (Å²) in [6, 6.07) is 20.3. The molecule has 1 aliphatic rings. The lowest BCUT2D eigenvalue weighted by Gasteiger charge is -2.25. The van der Waals surface area contributed by atoms with Crippen molar-refractivity contribution in [3.8, 4) is 22.5 Å². The minimum Gasteiger partial charge on any atom is -0.236 e. The lowest BCUT2D eigenvalue weighted by molar-refractivity contribution is 0.596. The standard InChI is InChI=1S/C30H32N2/c1-19(2)14-20-10-12-25-22(15-20)11-13-26-28(31-18-32-29(25)26)23-16-21-8-6-7-9-24(21)27(17-23)30(3,4)5/h6-10,12,15-19H,11,13-14H2,1-5H3. The summed E-state index contributed by atoms with van der Waals surface area (Å²) in [6.07, 6.45) is 4.91. The Morgan fingerprint density at radius 2 is 1.66 bits per heavy atom. The van der Waals surface area contributed by atoms with Crippen LogP contribution < -0.4 is 0 Å². The fourth-order valence-electron chi connectivity index (χ4n) is 5.14. The number of hydrogen-bond acceptors (Lipinski definition) is 2. The van der Waals surface area contributed by atoms with E-state index < -0.39 is 0 Å². The molecule has 3 aromatic carbocycles. The van der Waals surface area contributed by atoms with E-state index in [1.165, 1.54) is 44.2 Å². The number of aromatic nitrogens is 2. The largest absolute Gasteiger partial charge is 0.236 e. The highest BCUT2D eigenvalue weighted by Gasteiger charge is 2.24. The zero-order valence-corrected chi connectivity index (χ0v) is 19.9. The van der Waals surface area contributed by atoms with Gasteiger partial charge < -0.3 is 0 Å². The average Bonchev–Trinajstić information content (AvgIpc) is 2.76. The third kappa shape index (κ3) is 3.72. The lowest BCUT2D eigenvalue weighted by Crippen LogP contribution is -2.13. The predicted molar refractivity (Wildman–Crippen MR) is 135 cm³/mol. The monoisotopic (exact) mass is 420 g/mol. The fourth-order valence-corrected chi connectivity index (χ4v) is 5.14. The van der Waals surface area contributed by atoms with E-state index in [1.54, 1.807) is 6.33 Å². The van der Waals surface area contributed by atoms with Gasteiger partial charge in [0.15, 0.2) is 0 Å². The molecule has 1 aliphatic carbocycles. The van der Waals surface area contributed by atoms with E-state index in [0.29, 0.717) is 5.92 Å². The van der Waals surface area contributed by atoms with Gasteiger partial charge in [-0.15, -0.1) is 0 Å². The van der Waals surface area contributed by atoms with Crippen LogP contribution in [0.5, 0.6) is 0 Å². The minimum atomic E-state index is 0.0577. The second-order valence-corrected chi connectivity index (χ2v) is 10.6. The molecule has 0 aliphatic heterocycles. The maximum absolute atomic E-state index is 4.81. The summed E-state index contributed by atoms with van der Waals surface area (Å²) in [5.74, 6) is 0.669. The third-order valence-corrected chi connectivity index (χ3v) is 6.60. The van der Waals surface area contributed by atoms with Gasteiger partial charge in [0.1, 0.15) is 6.33 Å². The van der Waals surface area contributed by atoms with E-state index in [9.17, 15) is 0 Å². The molecular formula is C30H32N2. The van der Waals surface area contributed by atoms with Gasteiger partial charge in [0.05, 0.1) is 11.4 Å². The Kier molecular flexibility index (Phi) is 5.12. The Labute approximate surface area is 191 Å². The molecule has 2 nitrogen and oxygen atoms in total. The van der Waals surface area contributed by atoms with Crippen LogP contribution in [0.2, 0.25) is 0 Å². The summed E-state index contributed by atoms with van der Waals surface area (Å²) in [5.41, 5.74) is 10.2. The van der Waals surface area contributed by atoms with Crippen molar-refractivity contribution in [1.29, 1.82) is 0 Å². The summed E-state index contributed by atoms with van der Waals surface area (Å²) in [6.45, 7) is 11.4. The molecule has 1 aromatic heterocycles. The number of benzene rings is 3. The topological polar surface area (TPSA) is 25.8 Å². The van der Waals surface area contributed by atoms with Crippen molar-refractivity contribution in [3.63, 3.8) is 0 Å². The van der Waals surface area contributed by atoms with Gasteiger partial charge in [0.2, 0.25) is 0 Å². The molecule has 0 saturated heterocycles. The van der Waals surface area contributed by atoms with Crippen molar-refractivity contribution in [3.05, 3.63) is 83.2 Å². The quantitative estimate of drug-likeness (QED) is 0.342. The Morgan fingerprint density at radius 1 is 0.875 bits per heavy atom. The molecule has 0 fully saturated rings. The van der Waals surface area contributed by atoms with E-state index in [1.807, 2.05) is 0 Å². The average molecular weight is 421 g/mol. The van der Waals surface area contributed by atoms with Crippen molar-refractivity contribution in [2.75, 3.05) is 0 Å². The highest BCUT2D eigenvalue weighted by atomic mass is 14.8. The van der Waals surface area contributed by atoms with E-state index in [2.05, 4.69) is 89.2 Å². The van der Waals surface area contributed by atoms with Crippen molar-refractivity contribution < 1.29 is 0 Å². The summed E-state index contributed by atoms with van der Waals surface area (Å²) in [4.78, 5) is 9.57. The highest BCUT2D eigenvalue weighted by molar-refractivity contribution is 5.91. The molecule has 162 valence electrons. The molecule has 0 unspecified atom stereocenters. The van der Waals surface area contributed by atoms with E-state index >= 15 is 0 Å². The third-order valence-electron chi connectivity index (χ3n) is 6.60. The molecule has 4 aromatic rings. The molecule has 0 N–H and O–H groups in total. The van der Waals surface area contributed by atoms with Crippen LogP contribution in [-0.4, -0.2) is 9.97 Å². The van der Waals surface area contributed by atoms with Gasteiger partial charge in [-0.1, -0.05) is 77.1 Å². The van der Waals surface area contributed by atoms with Crippen molar-refractivity contribution >= 4 is 10.8 Å². The Morgan fingerprint density at radius 3 is 2.44 bits per heavy atom. The normalized spacial score (nSPS) is 13.3. The van der Waals surface area contributed by atoms with E-state index in [4.69, 9.17) is 9.97 Å². The van der Waals surface area contributed by atoms with Crippen LogP contribution in [0.3, 0.4) is 0 Å². The minimum absolute atomic E-state index is 0.0577. The smallest absolute Gasteiger partial charge is 0.116 e. The second kappa shape index (κ2) is 7.85. The number of fused-ring (bicyclic) bond motifs is 4. The van der Waals surface area contributed by atoms with Gasteiger partial charge in [-0.3, -0.25) is 0 Å². The van der Waals surface area contributed by atoms with Crippen LogP contribution in [0.4, 0.5) is 0 Å². The van der Waals surface area contributed by atoms with Crippen LogP contribution in [0.25, 0.3) is 33.3 Å². The molecule has 32 heavy (non-hydrogen) atoms. The fraction of sp³-hybridized carbons (Fsp3) is 0.333. The first-order valence-electron chi connectivity index (χ1n) is 11.8. The molecule has 0 bridgehead atoms. The molecule has 0 spiro atoms. The van der Waals surface area contributed by atoms with Gasteiger partial charge in [0.25, 0.3) is 0 Å². The SMILES string of the molecule is CC(C)Cc1ccc2c(c1)CCc1c(-c3cc(C(C)(C)C)c4ccccc4c3)ncnc1-2. The van der Waals surface area contributed by atoms with Crippen LogP contribution in [0.1, 0.15) is 56.9 Å². The van der Waals surface area contributed by atoms with Gasteiger partial charge in [0, 0.05) is 16.7 Å². The molecule has 2 heteroatoms. The van der Waals surface area contributed by atoms with Gasteiger partial charge >= 0.3 is 0 Å². The van der Waals surface area contributed by atoms with Gasteiger partial charge in [-0.05, 0) is 70.2 Å². The van der Waals surface area contributed by atoms with Gasteiger partial charge in [-0.2, -0.15) is 0 Å². The molecule has 0 atom stereocenters. The lowest BCUT2D eigenvalue weighted by atomic mass is 9.81. The molecular weight excluding hydrogens is 388 g/mol. The molecule has 0 saturated carbocycles. The summed E-state index contributed by atoms with van der Waals surface area (Å²) in [7, 11) is 0. The van der Waals surface area contributed by atoms with E-state index in [0.717, 1.165) is 30.7 Å². The maximum atomic E-state index is 4.81. The first kappa shape index (κ1) is 20.9. The molecule has 1 heterocycles. The number of rotatable bonds is 3. The molecule has 5 rings (SSSR count). The summed E-state index contributed by atoms with van der Waals surface area (Å²) >= 11 is 0. The van der Waals surface area contributed by atoms with Crippen LogP contribution in [0, 0.1) is 5.92 Å². The first-order chi connectivity index (χ1) is 15.3. The van der Waals surface area contributed by atoms with Crippen molar-refractivity contribution in [2.45, 2.75) is 59.3 Å². The van der Waals surface area contributed by atoms with E-state index in [-0.39, 0.29) is 5.41 Å². The van der Waals surface area contributed by atoms with Crippen molar-refractivity contribution in [2.24, 2.45) is 5.92 Å².